The fraction of sp³-hybridized carbons (Fsp3) is 0.235. The van der Waals surface area contributed by atoms with Crippen LogP contribution in [0.4, 0.5) is 22.7 Å². The van der Waals surface area contributed by atoms with E-state index in [0.29, 0.717) is 18.7 Å². The van der Waals surface area contributed by atoms with Crippen molar-refractivity contribution >= 4 is 28.7 Å². The van der Waals surface area contributed by atoms with E-state index in [1.807, 2.05) is 0 Å². The minimum atomic E-state index is -0.606. The van der Waals surface area contributed by atoms with Crippen molar-refractivity contribution in [2.75, 3.05) is 30.9 Å². The summed E-state index contributed by atoms with van der Waals surface area (Å²) in [6, 6.07) is 8.32. The second-order valence-corrected chi connectivity index (χ2v) is 5.57. The third-order valence-corrected chi connectivity index (χ3v) is 3.83. The molecule has 10 nitrogen and oxygen atoms in total. The van der Waals surface area contributed by atoms with Crippen molar-refractivity contribution in [1.29, 1.82) is 0 Å². The molecule has 0 heterocycles. The maximum atomic E-state index is 12.4. The molecule has 0 saturated carbocycles. The highest BCUT2D eigenvalue weighted by Gasteiger charge is 2.19. The summed E-state index contributed by atoms with van der Waals surface area (Å²) in [4.78, 5) is 33.6. The predicted octanol–water partition coefficient (Wildman–Crippen LogP) is 3.12. The fourth-order valence-corrected chi connectivity index (χ4v) is 2.41. The van der Waals surface area contributed by atoms with Gasteiger partial charge in [-0.1, -0.05) is 6.07 Å². The van der Waals surface area contributed by atoms with Gasteiger partial charge in [-0.05, 0) is 25.1 Å². The largest absolute Gasteiger partial charge is 0.383 e. The standard InChI is InChI=1S/C17H18N4O6/c1-11-13(4-3-5-15(11)20(23)24)19-17(22)12-6-7-14(18-8-9-27-2)16(10-12)21(25)26/h3-7,10,18H,8-9H2,1-2H3,(H,19,22). The van der Waals surface area contributed by atoms with E-state index in [2.05, 4.69) is 10.6 Å². The molecule has 2 aromatic rings. The van der Waals surface area contributed by atoms with Crippen molar-refractivity contribution < 1.29 is 19.4 Å². The Morgan fingerprint density at radius 1 is 1.07 bits per heavy atom. The van der Waals surface area contributed by atoms with Crippen molar-refractivity contribution in [1.82, 2.24) is 0 Å². The van der Waals surface area contributed by atoms with Crippen LogP contribution < -0.4 is 10.6 Å². The molecule has 1 amide bonds. The summed E-state index contributed by atoms with van der Waals surface area (Å²) in [5.74, 6) is -0.606. The molecular formula is C17H18N4O6. The minimum absolute atomic E-state index is 0.0601. The van der Waals surface area contributed by atoms with Gasteiger partial charge < -0.3 is 15.4 Å². The molecule has 0 aliphatic rings. The maximum Gasteiger partial charge on any atom is 0.293 e. The van der Waals surface area contributed by atoms with Crippen molar-refractivity contribution in [3.05, 3.63) is 67.8 Å². The van der Waals surface area contributed by atoms with E-state index in [9.17, 15) is 25.0 Å². The predicted molar refractivity (Wildman–Crippen MR) is 99.2 cm³/mol. The first-order valence-electron chi connectivity index (χ1n) is 7.91. The summed E-state index contributed by atoms with van der Waals surface area (Å²) in [6.07, 6.45) is 0. The number of rotatable bonds is 8. The number of carbonyl (C=O) groups excluding carboxylic acids is 1. The normalized spacial score (nSPS) is 10.3. The molecule has 0 aliphatic carbocycles. The van der Waals surface area contributed by atoms with Crippen LogP contribution in [0.5, 0.6) is 0 Å². The first kappa shape index (κ1) is 19.8. The maximum absolute atomic E-state index is 12.4. The van der Waals surface area contributed by atoms with Crippen LogP contribution >= 0.6 is 0 Å². The van der Waals surface area contributed by atoms with Gasteiger partial charge in [0.2, 0.25) is 0 Å². The highest BCUT2D eigenvalue weighted by molar-refractivity contribution is 6.05. The van der Waals surface area contributed by atoms with E-state index in [4.69, 9.17) is 4.74 Å². The van der Waals surface area contributed by atoms with Gasteiger partial charge in [-0.15, -0.1) is 0 Å². The fourth-order valence-electron chi connectivity index (χ4n) is 2.41. The number of amides is 1. The number of hydrogen-bond donors (Lipinski definition) is 2. The molecule has 0 bridgehead atoms. The Bertz CT molecular complexity index is 884. The summed E-state index contributed by atoms with van der Waals surface area (Å²) in [5.41, 5.74) is 0.498. The molecule has 10 heteroatoms. The van der Waals surface area contributed by atoms with Gasteiger partial charge in [-0.2, -0.15) is 0 Å². The summed E-state index contributed by atoms with van der Waals surface area (Å²) in [6.45, 7) is 2.25. The van der Waals surface area contributed by atoms with Gasteiger partial charge in [0.25, 0.3) is 17.3 Å². The van der Waals surface area contributed by atoms with Crippen LogP contribution in [0, 0.1) is 27.2 Å². The second kappa shape index (κ2) is 8.72. The highest BCUT2D eigenvalue weighted by Crippen LogP contribution is 2.28. The number of hydrogen-bond acceptors (Lipinski definition) is 7. The zero-order chi connectivity index (χ0) is 20.0. The average molecular weight is 374 g/mol. The molecule has 0 aliphatic heterocycles. The number of benzene rings is 2. The second-order valence-electron chi connectivity index (χ2n) is 5.57. The molecule has 0 radical (unpaired) electrons. The number of nitro benzene ring substituents is 2. The average Bonchev–Trinajstić information content (AvgIpc) is 2.63. The van der Waals surface area contributed by atoms with Gasteiger partial charge in [-0.25, -0.2) is 0 Å². The molecular weight excluding hydrogens is 356 g/mol. The molecule has 142 valence electrons. The molecule has 0 aromatic heterocycles. The lowest BCUT2D eigenvalue weighted by atomic mass is 10.1. The Labute approximate surface area is 154 Å². The number of ether oxygens (including phenoxy) is 1. The van der Waals surface area contributed by atoms with Gasteiger partial charge in [0.15, 0.2) is 0 Å². The molecule has 0 saturated heterocycles. The lowest BCUT2D eigenvalue weighted by Crippen LogP contribution is -2.14. The first-order valence-corrected chi connectivity index (χ1v) is 7.91. The number of anilines is 2. The van der Waals surface area contributed by atoms with Gasteiger partial charge in [0.05, 0.1) is 27.7 Å². The Kier molecular flexibility index (Phi) is 6.39. The molecule has 0 fully saturated rings. The van der Waals surface area contributed by atoms with E-state index in [1.165, 1.54) is 44.4 Å². The SMILES string of the molecule is COCCNc1ccc(C(=O)Nc2cccc([N+](=O)[O-])c2C)cc1[N+](=O)[O-]. The van der Waals surface area contributed by atoms with Crippen LogP contribution in [0.2, 0.25) is 0 Å². The van der Waals surface area contributed by atoms with Gasteiger partial charge in [0.1, 0.15) is 5.69 Å². The molecule has 2 N–H and O–H groups in total. The monoisotopic (exact) mass is 374 g/mol. The Balaban J connectivity index is 2.26. The van der Waals surface area contributed by atoms with E-state index in [-0.39, 0.29) is 28.3 Å². The Morgan fingerprint density at radius 3 is 2.41 bits per heavy atom. The van der Waals surface area contributed by atoms with Crippen molar-refractivity contribution in [3.8, 4) is 0 Å². The third-order valence-electron chi connectivity index (χ3n) is 3.83. The third kappa shape index (κ3) is 4.76. The highest BCUT2D eigenvalue weighted by atomic mass is 16.6. The lowest BCUT2D eigenvalue weighted by molar-refractivity contribution is -0.385. The number of methoxy groups -OCH3 is 1. The Hall–Kier alpha value is -3.53. The topological polar surface area (TPSA) is 137 Å². The number of nitrogens with zero attached hydrogens (tertiary/aromatic N) is 2. The smallest absolute Gasteiger partial charge is 0.293 e. The molecule has 2 aromatic carbocycles. The Morgan fingerprint density at radius 2 is 1.78 bits per heavy atom. The lowest BCUT2D eigenvalue weighted by Gasteiger charge is -2.10. The van der Waals surface area contributed by atoms with Crippen molar-refractivity contribution in [2.24, 2.45) is 0 Å². The van der Waals surface area contributed by atoms with Crippen LogP contribution in [-0.2, 0) is 4.74 Å². The van der Waals surface area contributed by atoms with E-state index in [0.717, 1.165) is 6.07 Å². The summed E-state index contributed by atoms with van der Waals surface area (Å²) >= 11 is 0. The summed E-state index contributed by atoms with van der Waals surface area (Å²) in [5, 5.41) is 27.7. The number of nitro groups is 2. The quantitative estimate of drug-likeness (QED) is 0.411. The van der Waals surface area contributed by atoms with Crippen LogP contribution in [0.1, 0.15) is 15.9 Å². The van der Waals surface area contributed by atoms with Crippen LogP contribution in [0.15, 0.2) is 36.4 Å². The summed E-state index contributed by atoms with van der Waals surface area (Å²) < 4.78 is 4.89. The number of carbonyl (C=O) groups is 1. The van der Waals surface area contributed by atoms with E-state index < -0.39 is 15.8 Å². The van der Waals surface area contributed by atoms with Crippen LogP contribution in [0.3, 0.4) is 0 Å². The van der Waals surface area contributed by atoms with Crippen molar-refractivity contribution in [2.45, 2.75) is 6.92 Å². The first-order chi connectivity index (χ1) is 12.8. The van der Waals surface area contributed by atoms with E-state index >= 15 is 0 Å². The zero-order valence-corrected chi connectivity index (χ0v) is 14.7. The van der Waals surface area contributed by atoms with Gasteiger partial charge in [-0.3, -0.25) is 25.0 Å². The zero-order valence-electron chi connectivity index (χ0n) is 14.7. The molecule has 27 heavy (non-hydrogen) atoms. The minimum Gasteiger partial charge on any atom is -0.383 e. The molecule has 0 atom stereocenters. The molecule has 0 unspecified atom stereocenters. The van der Waals surface area contributed by atoms with Crippen LogP contribution in [-0.4, -0.2) is 36.0 Å². The molecule has 2 rings (SSSR count). The molecule has 0 spiro atoms. The van der Waals surface area contributed by atoms with Gasteiger partial charge in [0, 0.05) is 31.4 Å². The summed E-state index contributed by atoms with van der Waals surface area (Å²) in [7, 11) is 1.51. The van der Waals surface area contributed by atoms with E-state index in [1.54, 1.807) is 0 Å². The van der Waals surface area contributed by atoms with Crippen LogP contribution in [0.25, 0.3) is 0 Å². The van der Waals surface area contributed by atoms with Crippen molar-refractivity contribution in [3.63, 3.8) is 0 Å². The van der Waals surface area contributed by atoms with Gasteiger partial charge >= 0.3 is 0 Å². The number of nitrogens with one attached hydrogen (secondary N) is 2.